The normalized spacial score (nSPS) is 15.1. The highest BCUT2D eigenvalue weighted by molar-refractivity contribution is 6.30. The highest BCUT2D eigenvalue weighted by Gasteiger charge is 2.30. The Balaban J connectivity index is 1.70. The molecular weight excluding hydrogens is 412 g/mol. The van der Waals surface area contributed by atoms with E-state index in [1.165, 1.54) is 0 Å². The summed E-state index contributed by atoms with van der Waals surface area (Å²) in [6.45, 7) is 2.62. The molecule has 2 aromatic heterocycles. The van der Waals surface area contributed by atoms with Crippen LogP contribution in [0.25, 0.3) is 22.4 Å². The van der Waals surface area contributed by atoms with Crippen molar-refractivity contribution in [3.63, 3.8) is 0 Å². The molecule has 0 radical (unpaired) electrons. The van der Waals surface area contributed by atoms with Crippen LogP contribution < -0.4 is 4.90 Å². The molecule has 0 saturated carbocycles. The van der Waals surface area contributed by atoms with Gasteiger partial charge in [-0.25, -0.2) is 4.68 Å². The summed E-state index contributed by atoms with van der Waals surface area (Å²) >= 11 is 6.23. The Hall–Kier alpha value is -3.45. The van der Waals surface area contributed by atoms with Crippen molar-refractivity contribution in [2.45, 2.75) is 25.9 Å². The van der Waals surface area contributed by atoms with Gasteiger partial charge in [0.2, 0.25) is 6.41 Å². The molecule has 0 saturated heterocycles. The van der Waals surface area contributed by atoms with Crippen molar-refractivity contribution in [1.29, 1.82) is 0 Å². The van der Waals surface area contributed by atoms with Crippen LogP contribution in [0.5, 0.6) is 0 Å². The van der Waals surface area contributed by atoms with Crippen LogP contribution >= 0.6 is 11.6 Å². The molecular formula is C23H21ClN6O. The lowest BCUT2D eigenvalue weighted by atomic mass is 9.92. The first-order valence-electron chi connectivity index (χ1n) is 10.1. The van der Waals surface area contributed by atoms with Crippen LogP contribution in [0, 0.1) is 6.92 Å². The van der Waals surface area contributed by atoms with Crippen molar-refractivity contribution >= 4 is 23.7 Å². The summed E-state index contributed by atoms with van der Waals surface area (Å²) in [4.78, 5) is 14.1. The molecule has 31 heavy (non-hydrogen) atoms. The van der Waals surface area contributed by atoms with Crippen molar-refractivity contribution in [3.8, 4) is 22.4 Å². The third-order valence-corrected chi connectivity index (χ3v) is 6.01. The first-order valence-corrected chi connectivity index (χ1v) is 10.5. The molecule has 1 aliphatic rings. The molecule has 1 atom stereocenters. The maximum Gasteiger partial charge on any atom is 0.214 e. The van der Waals surface area contributed by atoms with Gasteiger partial charge in [-0.1, -0.05) is 35.0 Å². The van der Waals surface area contributed by atoms with E-state index in [1.54, 1.807) is 15.6 Å². The molecule has 0 spiro atoms. The first-order chi connectivity index (χ1) is 15.0. The van der Waals surface area contributed by atoms with Gasteiger partial charge >= 0.3 is 0 Å². The van der Waals surface area contributed by atoms with Crippen LogP contribution in [-0.4, -0.2) is 31.2 Å². The molecule has 1 amide bonds. The van der Waals surface area contributed by atoms with Gasteiger partial charge in [0.1, 0.15) is 0 Å². The predicted octanol–water partition coefficient (Wildman–Crippen LogP) is 4.42. The van der Waals surface area contributed by atoms with E-state index >= 15 is 0 Å². The van der Waals surface area contributed by atoms with Crippen LogP contribution in [0.3, 0.4) is 0 Å². The zero-order chi connectivity index (χ0) is 21.5. The molecule has 0 bridgehead atoms. The Morgan fingerprint density at radius 2 is 2.06 bits per heavy atom. The monoisotopic (exact) mass is 432 g/mol. The molecule has 3 heterocycles. The second kappa shape index (κ2) is 7.67. The van der Waals surface area contributed by atoms with Gasteiger partial charge in [0.15, 0.2) is 0 Å². The van der Waals surface area contributed by atoms with Crippen LogP contribution in [0.1, 0.15) is 23.7 Å². The summed E-state index contributed by atoms with van der Waals surface area (Å²) in [6.07, 6.45) is 5.42. The number of benzene rings is 2. The van der Waals surface area contributed by atoms with Crippen molar-refractivity contribution in [1.82, 2.24) is 24.8 Å². The van der Waals surface area contributed by atoms with E-state index in [-0.39, 0.29) is 6.04 Å². The molecule has 5 rings (SSSR count). The summed E-state index contributed by atoms with van der Waals surface area (Å²) in [5, 5.41) is 13.5. The Labute approximate surface area is 184 Å². The Kier molecular flexibility index (Phi) is 4.82. The molecule has 7 nitrogen and oxygen atoms in total. The second-order valence-corrected chi connectivity index (χ2v) is 8.18. The van der Waals surface area contributed by atoms with E-state index in [4.69, 9.17) is 11.6 Å². The van der Waals surface area contributed by atoms with E-state index in [0.29, 0.717) is 18.0 Å². The number of anilines is 1. The average molecular weight is 433 g/mol. The molecule has 2 aromatic carbocycles. The minimum Gasteiger partial charge on any atom is -0.307 e. The summed E-state index contributed by atoms with van der Waals surface area (Å²) < 4.78 is 3.71. The highest BCUT2D eigenvalue weighted by atomic mass is 35.5. The summed E-state index contributed by atoms with van der Waals surface area (Å²) in [7, 11) is 1.90. The van der Waals surface area contributed by atoms with Gasteiger partial charge in [0, 0.05) is 41.6 Å². The van der Waals surface area contributed by atoms with Gasteiger partial charge < -0.3 is 4.90 Å². The summed E-state index contributed by atoms with van der Waals surface area (Å²) in [5.74, 6) is 0. The Bertz CT molecular complexity index is 1280. The van der Waals surface area contributed by atoms with Crippen LogP contribution in [0.4, 0.5) is 5.69 Å². The van der Waals surface area contributed by atoms with Gasteiger partial charge in [0.05, 0.1) is 23.6 Å². The highest BCUT2D eigenvalue weighted by Crippen LogP contribution is 2.41. The average Bonchev–Trinajstić information content (AvgIpc) is 3.32. The molecule has 8 heteroatoms. The standard InChI is InChI=1S/C23H21ClN6O/c1-15-23-20-7-6-16(17-12-25-28(2)13-17)10-21(20)22(8-9-30(23)27-26-15)29(14-31)19-5-3-4-18(24)11-19/h3-7,10-14,22H,8-9H2,1-2H3. The number of nitrogens with zero attached hydrogens (tertiary/aromatic N) is 6. The molecule has 0 fully saturated rings. The van der Waals surface area contributed by atoms with Crippen LogP contribution in [-0.2, 0) is 18.4 Å². The number of aromatic nitrogens is 5. The largest absolute Gasteiger partial charge is 0.307 e. The van der Waals surface area contributed by atoms with Gasteiger partial charge in [-0.15, -0.1) is 5.10 Å². The smallest absolute Gasteiger partial charge is 0.214 e. The quantitative estimate of drug-likeness (QED) is 0.448. The molecule has 1 aliphatic heterocycles. The van der Waals surface area contributed by atoms with Gasteiger partial charge in [-0.05, 0) is 48.7 Å². The lowest BCUT2D eigenvalue weighted by Gasteiger charge is -2.29. The number of halogens is 1. The fourth-order valence-electron chi connectivity index (χ4n) is 4.33. The lowest BCUT2D eigenvalue weighted by molar-refractivity contribution is -0.108. The van der Waals surface area contributed by atoms with E-state index in [2.05, 4.69) is 33.6 Å². The number of amides is 1. The fourth-order valence-corrected chi connectivity index (χ4v) is 4.52. The molecule has 156 valence electrons. The predicted molar refractivity (Wildman–Crippen MR) is 120 cm³/mol. The van der Waals surface area contributed by atoms with E-state index in [9.17, 15) is 4.79 Å². The van der Waals surface area contributed by atoms with Crippen LogP contribution in [0.2, 0.25) is 5.02 Å². The van der Waals surface area contributed by atoms with E-state index in [1.807, 2.05) is 49.2 Å². The van der Waals surface area contributed by atoms with E-state index in [0.717, 1.165) is 45.7 Å². The number of rotatable bonds is 4. The minimum absolute atomic E-state index is 0.177. The molecule has 4 aromatic rings. The zero-order valence-corrected chi connectivity index (χ0v) is 18.0. The van der Waals surface area contributed by atoms with Crippen LogP contribution in [0.15, 0.2) is 54.9 Å². The van der Waals surface area contributed by atoms with Gasteiger partial charge in [0.25, 0.3) is 0 Å². The molecule has 1 unspecified atom stereocenters. The van der Waals surface area contributed by atoms with Crippen molar-refractivity contribution < 1.29 is 4.79 Å². The first kappa shape index (κ1) is 19.5. The molecule has 0 N–H and O–H groups in total. The van der Waals surface area contributed by atoms with E-state index < -0.39 is 0 Å². The Morgan fingerprint density at radius 3 is 2.81 bits per heavy atom. The fraction of sp³-hybridized carbons (Fsp3) is 0.217. The van der Waals surface area contributed by atoms with Gasteiger partial charge in [-0.3, -0.25) is 9.48 Å². The second-order valence-electron chi connectivity index (χ2n) is 7.75. The SMILES string of the molecule is Cc1nnn2c1-c1ccc(-c3cnn(C)c3)cc1C(N(C=O)c1cccc(Cl)c1)CC2. The van der Waals surface area contributed by atoms with Crippen molar-refractivity contribution in [2.24, 2.45) is 7.05 Å². The third kappa shape index (κ3) is 3.41. The maximum absolute atomic E-state index is 12.3. The summed E-state index contributed by atoms with van der Waals surface area (Å²) in [6, 6.07) is 13.5. The zero-order valence-electron chi connectivity index (χ0n) is 17.2. The maximum atomic E-state index is 12.3. The number of aryl methyl sites for hydroxylation is 3. The topological polar surface area (TPSA) is 68.8 Å². The minimum atomic E-state index is -0.177. The number of fused-ring (bicyclic) bond motifs is 3. The number of hydrogen-bond acceptors (Lipinski definition) is 4. The summed E-state index contributed by atoms with van der Waals surface area (Å²) in [5.41, 5.74) is 6.79. The van der Waals surface area contributed by atoms with Crippen molar-refractivity contribution in [2.75, 3.05) is 4.90 Å². The number of carbonyl (C=O) groups is 1. The van der Waals surface area contributed by atoms with Gasteiger partial charge in [-0.2, -0.15) is 5.10 Å². The number of carbonyl (C=O) groups excluding carboxylic acids is 1. The number of hydrogen-bond donors (Lipinski definition) is 0. The third-order valence-electron chi connectivity index (χ3n) is 5.78. The lowest BCUT2D eigenvalue weighted by Crippen LogP contribution is -2.28. The van der Waals surface area contributed by atoms with Crippen molar-refractivity contribution in [3.05, 3.63) is 71.1 Å². The Morgan fingerprint density at radius 1 is 1.19 bits per heavy atom. The molecule has 0 aliphatic carbocycles.